The Bertz CT molecular complexity index is 571. The summed E-state index contributed by atoms with van der Waals surface area (Å²) in [6.45, 7) is 0. The van der Waals surface area contributed by atoms with Crippen molar-refractivity contribution in [2.45, 2.75) is 24.8 Å². The smallest absolute Gasteiger partial charge is 0.228 e. The second kappa shape index (κ2) is 4.74. The van der Waals surface area contributed by atoms with Crippen LogP contribution in [0.1, 0.15) is 24.2 Å². The average molecular weight is 276 g/mol. The van der Waals surface area contributed by atoms with Gasteiger partial charge < -0.3 is 9.73 Å². The van der Waals surface area contributed by atoms with Crippen LogP contribution in [0.3, 0.4) is 0 Å². The molecule has 0 unspecified atom stereocenters. The van der Waals surface area contributed by atoms with E-state index in [0.29, 0.717) is 10.8 Å². The van der Waals surface area contributed by atoms with Crippen molar-refractivity contribution < 1.29 is 9.21 Å². The molecule has 3 nitrogen and oxygen atoms in total. The first-order valence-electron chi connectivity index (χ1n) is 6.27. The number of carbonyl (C=O) groups is 1. The maximum absolute atomic E-state index is 12.0. The zero-order valence-electron chi connectivity index (χ0n) is 10.4. The molecule has 1 aromatic heterocycles. The number of furan rings is 1. The van der Waals surface area contributed by atoms with E-state index in [4.69, 9.17) is 16.0 Å². The number of hydrogen-bond acceptors (Lipinski definition) is 2. The van der Waals surface area contributed by atoms with Crippen molar-refractivity contribution in [1.29, 1.82) is 0 Å². The molecule has 1 N–H and O–H groups in total. The van der Waals surface area contributed by atoms with Crippen LogP contribution in [0.15, 0.2) is 47.1 Å². The predicted octanol–water partition coefficient (Wildman–Crippen LogP) is 3.28. The van der Waals surface area contributed by atoms with Crippen molar-refractivity contribution in [3.8, 4) is 0 Å². The van der Waals surface area contributed by atoms with Gasteiger partial charge in [0.2, 0.25) is 5.91 Å². The summed E-state index contributed by atoms with van der Waals surface area (Å²) in [5, 5.41) is 3.81. The van der Waals surface area contributed by atoms with E-state index in [-0.39, 0.29) is 17.9 Å². The quantitative estimate of drug-likeness (QED) is 0.930. The Labute approximate surface area is 116 Å². The molecular formula is C15H14ClNO2. The van der Waals surface area contributed by atoms with Gasteiger partial charge in [0, 0.05) is 5.02 Å². The molecule has 1 aliphatic carbocycles. The Morgan fingerprint density at radius 3 is 2.58 bits per heavy atom. The Hall–Kier alpha value is -1.74. The van der Waals surface area contributed by atoms with Crippen molar-refractivity contribution in [3.05, 3.63) is 59.0 Å². The number of carbonyl (C=O) groups excluding carboxylic acids is 1. The maximum atomic E-state index is 12.0. The predicted molar refractivity (Wildman–Crippen MR) is 72.9 cm³/mol. The summed E-state index contributed by atoms with van der Waals surface area (Å²) in [5.41, 5.74) is 0.915. The third-order valence-electron chi connectivity index (χ3n) is 3.44. The minimum atomic E-state index is -0.200. The van der Waals surface area contributed by atoms with E-state index in [1.165, 1.54) is 0 Å². The van der Waals surface area contributed by atoms with E-state index < -0.39 is 0 Å². The van der Waals surface area contributed by atoms with Crippen LogP contribution in [-0.4, -0.2) is 5.91 Å². The normalized spacial score (nSPS) is 16.1. The number of nitrogens with one attached hydrogen (secondary N) is 1. The minimum absolute atomic E-state index is 0.0117. The minimum Gasteiger partial charge on any atom is -0.469 e. The Morgan fingerprint density at radius 1 is 1.26 bits per heavy atom. The molecule has 3 rings (SSSR count). The van der Waals surface area contributed by atoms with Crippen molar-refractivity contribution in [2.75, 3.05) is 0 Å². The molecule has 1 heterocycles. The highest BCUT2D eigenvalue weighted by Crippen LogP contribution is 2.45. The fraction of sp³-hybridized carbons (Fsp3) is 0.267. The van der Waals surface area contributed by atoms with Gasteiger partial charge in [0.1, 0.15) is 5.76 Å². The number of hydrogen-bond donors (Lipinski definition) is 1. The first kappa shape index (κ1) is 12.3. The van der Waals surface area contributed by atoms with E-state index in [2.05, 4.69) is 5.32 Å². The molecule has 1 aromatic carbocycles. The molecule has 1 amide bonds. The average Bonchev–Trinajstić information content (AvgIpc) is 2.98. The lowest BCUT2D eigenvalue weighted by Crippen LogP contribution is -2.35. The Kier molecular flexibility index (Phi) is 3.07. The van der Waals surface area contributed by atoms with Gasteiger partial charge in [-0.1, -0.05) is 23.7 Å². The first-order chi connectivity index (χ1) is 9.18. The van der Waals surface area contributed by atoms with Gasteiger partial charge in [-0.25, -0.2) is 0 Å². The van der Waals surface area contributed by atoms with E-state index >= 15 is 0 Å². The third-order valence-corrected chi connectivity index (χ3v) is 3.69. The molecule has 1 fully saturated rings. The standard InChI is InChI=1S/C15H14ClNO2/c16-12-5-3-11(4-6-12)15(7-8-15)17-14(18)10-13-2-1-9-19-13/h1-6,9H,7-8,10H2,(H,17,18). The second-order valence-electron chi connectivity index (χ2n) is 4.89. The van der Waals surface area contributed by atoms with Gasteiger partial charge >= 0.3 is 0 Å². The zero-order valence-corrected chi connectivity index (χ0v) is 11.1. The summed E-state index contributed by atoms with van der Waals surface area (Å²) < 4.78 is 5.18. The third kappa shape index (κ3) is 2.66. The van der Waals surface area contributed by atoms with Gasteiger partial charge in [0.05, 0.1) is 18.2 Å². The topological polar surface area (TPSA) is 42.2 Å². The van der Waals surface area contributed by atoms with Crippen LogP contribution in [0.4, 0.5) is 0 Å². The molecule has 0 bridgehead atoms. The highest BCUT2D eigenvalue weighted by atomic mass is 35.5. The van der Waals surface area contributed by atoms with Crippen LogP contribution in [0.25, 0.3) is 0 Å². The van der Waals surface area contributed by atoms with E-state index in [1.807, 2.05) is 24.3 Å². The summed E-state index contributed by atoms with van der Waals surface area (Å²) >= 11 is 5.88. The van der Waals surface area contributed by atoms with Gasteiger partial charge in [-0.3, -0.25) is 4.79 Å². The summed E-state index contributed by atoms with van der Waals surface area (Å²) in [6.07, 6.45) is 3.80. The molecule has 0 atom stereocenters. The number of rotatable bonds is 4. The molecule has 0 spiro atoms. The lowest BCUT2D eigenvalue weighted by Gasteiger charge is -2.17. The van der Waals surface area contributed by atoms with E-state index in [9.17, 15) is 4.79 Å². The van der Waals surface area contributed by atoms with E-state index in [1.54, 1.807) is 18.4 Å². The Morgan fingerprint density at radius 2 is 2.00 bits per heavy atom. The lowest BCUT2D eigenvalue weighted by atomic mass is 10.0. The molecule has 2 aromatic rings. The number of halogens is 1. The molecule has 4 heteroatoms. The van der Waals surface area contributed by atoms with Crippen LogP contribution in [0, 0.1) is 0 Å². The van der Waals surface area contributed by atoms with Crippen molar-refractivity contribution in [1.82, 2.24) is 5.32 Å². The molecule has 19 heavy (non-hydrogen) atoms. The van der Waals surface area contributed by atoms with Gasteiger partial charge in [0.25, 0.3) is 0 Å². The molecule has 0 aliphatic heterocycles. The fourth-order valence-corrected chi connectivity index (χ4v) is 2.39. The summed E-state index contributed by atoms with van der Waals surface area (Å²) in [4.78, 5) is 12.0. The van der Waals surface area contributed by atoms with Crippen LogP contribution < -0.4 is 5.32 Å². The molecular weight excluding hydrogens is 262 g/mol. The highest BCUT2D eigenvalue weighted by Gasteiger charge is 2.45. The van der Waals surface area contributed by atoms with Crippen molar-refractivity contribution in [2.24, 2.45) is 0 Å². The molecule has 0 saturated heterocycles. The van der Waals surface area contributed by atoms with Crippen LogP contribution in [0.5, 0.6) is 0 Å². The first-order valence-corrected chi connectivity index (χ1v) is 6.65. The monoisotopic (exact) mass is 275 g/mol. The molecule has 1 aliphatic rings. The highest BCUT2D eigenvalue weighted by molar-refractivity contribution is 6.30. The second-order valence-corrected chi connectivity index (χ2v) is 5.33. The maximum Gasteiger partial charge on any atom is 0.228 e. The van der Waals surface area contributed by atoms with E-state index in [0.717, 1.165) is 18.4 Å². The SMILES string of the molecule is O=C(Cc1ccco1)NC1(c2ccc(Cl)cc2)CC1. The van der Waals surface area contributed by atoms with Gasteiger partial charge in [-0.05, 0) is 42.7 Å². The molecule has 98 valence electrons. The molecule has 1 saturated carbocycles. The largest absolute Gasteiger partial charge is 0.469 e. The Balaban J connectivity index is 1.68. The van der Waals surface area contributed by atoms with Gasteiger partial charge in [0.15, 0.2) is 0 Å². The summed E-state index contributed by atoms with van der Waals surface area (Å²) in [5.74, 6) is 0.673. The number of benzene rings is 1. The summed E-state index contributed by atoms with van der Waals surface area (Å²) in [7, 11) is 0. The molecule has 0 radical (unpaired) electrons. The summed E-state index contributed by atoms with van der Waals surface area (Å²) in [6, 6.07) is 11.3. The zero-order chi connectivity index (χ0) is 13.3. The fourth-order valence-electron chi connectivity index (χ4n) is 2.26. The lowest BCUT2D eigenvalue weighted by molar-refractivity contribution is -0.121. The van der Waals surface area contributed by atoms with Crippen LogP contribution in [0.2, 0.25) is 5.02 Å². The van der Waals surface area contributed by atoms with Crippen LogP contribution >= 0.6 is 11.6 Å². The van der Waals surface area contributed by atoms with Gasteiger partial charge in [-0.2, -0.15) is 0 Å². The van der Waals surface area contributed by atoms with Crippen LogP contribution in [-0.2, 0) is 16.8 Å². The van der Waals surface area contributed by atoms with Crippen molar-refractivity contribution in [3.63, 3.8) is 0 Å². The van der Waals surface area contributed by atoms with Crippen molar-refractivity contribution >= 4 is 17.5 Å². The number of amides is 1. The van der Waals surface area contributed by atoms with Gasteiger partial charge in [-0.15, -0.1) is 0 Å².